The molecule has 0 aromatic carbocycles. The maximum atomic E-state index is 12.3. The quantitative estimate of drug-likeness (QED) is 0.234. The Morgan fingerprint density at radius 2 is 1.58 bits per heavy atom. The smallest absolute Gasteiger partial charge is 0.407 e. The lowest BCUT2D eigenvalue weighted by Crippen LogP contribution is -2.38. The molecule has 1 fully saturated rings. The lowest BCUT2D eigenvalue weighted by atomic mass is 10.0. The highest BCUT2D eigenvalue weighted by molar-refractivity contribution is 5.70. The van der Waals surface area contributed by atoms with Gasteiger partial charge in [-0.25, -0.2) is 4.79 Å². The number of hydrogen-bond acceptors (Lipinski definition) is 7. The zero-order chi connectivity index (χ0) is 22.7. The molecule has 0 aromatic heterocycles. The van der Waals surface area contributed by atoms with E-state index in [0.29, 0.717) is 19.4 Å². The molecule has 0 bridgehead atoms. The fraction of sp³-hybridized carbons (Fsp3) is 0.913. The highest BCUT2D eigenvalue weighted by atomic mass is 16.6. The molecule has 1 atom stereocenters. The van der Waals surface area contributed by atoms with Gasteiger partial charge in [-0.05, 0) is 45.2 Å². The highest BCUT2D eigenvalue weighted by Crippen LogP contribution is 2.15. The van der Waals surface area contributed by atoms with Crippen molar-refractivity contribution in [3.63, 3.8) is 0 Å². The number of piperidine rings is 1. The lowest BCUT2D eigenvalue weighted by Gasteiger charge is -2.26. The van der Waals surface area contributed by atoms with Crippen molar-refractivity contribution >= 4 is 12.1 Å². The van der Waals surface area contributed by atoms with Gasteiger partial charge in [0.2, 0.25) is 0 Å². The minimum atomic E-state index is -0.900. The molecule has 1 amide bonds. The summed E-state index contributed by atoms with van der Waals surface area (Å²) < 4.78 is 10.6. The first-order chi connectivity index (χ1) is 15.1. The normalized spacial score (nSPS) is 15.6. The zero-order valence-corrected chi connectivity index (χ0v) is 19.4. The largest absolute Gasteiger partial charge is 0.457 e. The first-order valence-corrected chi connectivity index (χ1v) is 12.2. The summed E-state index contributed by atoms with van der Waals surface area (Å²) in [5, 5.41) is 20.9. The van der Waals surface area contributed by atoms with Gasteiger partial charge in [-0.1, -0.05) is 45.4 Å². The van der Waals surface area contributed by atoms with Crippen molar-refractivity contribution in [2.24, 2.45) is 0 Å². The van der Waals surface area contributed by atoms with Gasteiger partial charge in [0.05, 0.1) is 13.2 Å². The number of aliphatic hydroxyl groups is 2. The SMILES string of the molecule is CCCCCCCCC(CCC(=O)OC(CO)CO)OC(=O)NCCN1CCCCC1. The molecule has 1 unspecified atom stereocenters. The van der Waals surface area contributed by atoms with Crippen molar-refractivity contribution in [2.75, 3.05) is 39.4 Å². The Labute approximate surface area is 187 Å². The van der Waals surface area contributed by atoms with Crippen LogP contribution in [0.5, 0.6) is 0 Å². The van der Waals surface area contributed by atoms with Crippen molar-refractivity contribution in [2.45, 2.75) is 96.2 Å². The third-order valence-corrected chi connectivity index (χ3v) is 5.68. The number of esters is 1. The third kappa shape index (κ3) is 14.3. The van der Waals surface area contributed by atoms with Crippen LogP contribution in [0.2, 0.25) is 0 Å². The summed E-state index contributed by atoms with van der Waals surface area (Å²) in [5.74, 6) is -0.504. The van der Waals surface area contributed by atoms with Gasteiger partial charge in [0.1, 0.15) is 12.2 Å². The summed E-state index contributed by atoms with van der Waals surface area (Å²) in [7, 11) is 0. The van der Waals surface area contributed by atoms with E-state index in [1.807, 2.05) is 0 Å². The number of hydrogen-bond donors (Lipinski definition) is 3. The maximum absolute atomic E-state index is 12.3. The molecule has 1 aliphatic rings. The third-order valence-electron chi connectivity index (χ3n) is 5.68. The van der Waals surface area contributed by atoms with Gasteiger partial charge >= 0.3 is 12.1 Å². The van der Waals surface area contributed by atoms with Gasteiger partial charge in [-0.15, -0.1) is 0 Å². The molecule has 8 nitrogen and oxygen atoms in total. The number of ether oxygens (including phenoxy) is 2. The van der Waals surface area contributed by atoms with Gasteiger partial charge in [0.15, 0.2) is 0 Å². The molecule has 0 spiro atoms. The average Bonchev–Trinajstić information content (AvgIpc) is 2.78. The second-order valence-electron chi connectivity index (χ2n) is 8.43. The van der Waals surface area contributed by atoms with E-state index in [9.17, 15) is 9.59 Å². The van der Waals surface area contributed by atoms with E-state index in [0.717, 1.165) is 32.5 Å². The molecule has 0 saturated carbocycles. The summed E-state index contributed by atoms with van der Waals surface area (Å²) in [6, 6.07) is 0. The first kappa shape index (κ1) is 27.7. The van der Waals surface area contributed by atoms with E-state index < -0.39 is 31.4 Å². The molecule has 0 aliphatic carbocycles. The second-order valence-corrected chi connectivity index (χ2v) is 8.43. The standard InChI is InChI=1S/C23H44N2O6/c1-2-3-4-5-6-8-11-20(12-13-22(28)30-21(18-26)19-27)31-23(29)24-14-17-25-15-9-7-10-16-25/h20-21,26-27H,2-19H2,1H3,(H,24,29). The molecular weight excluding hydrogens is 400 g/mol. The number of rotatable bonds is 17. The second kappa shape index (κ2) is 18.2. The fourth-order valence-corrected chi connectivity index (χ4v) is 3.76. The number of carbonyl (C=O) groups excluding carboxylic acids is 2. The van der Waals surface area contributed by atoms with Crippen LogP contribution >= 0.6 is 0 Å². The molecule has 1 heterocycles. The molecular formula is C23H44N2O6. The first-order valence-electron chi connectivity index (χ1n) is 12.2. The maximum Gasteiger partial charge on any atom is 0.407 e. The van der Waals surface area contributed by atoms with Crippen LogP contribution in [-0.2, 0) is 14.3 Å². The summed E-state index contributed by atoms with van der Waals surface area (Å²) >= 11 is 0. The zero-order valence-electron chi connectivity index (χ0n) is 19.4. The number of carbonyl (C=O) groups is 2. The molecule has 1 saturated heterocycles. The molecule has 3 N–H and O–H groups in total. The monoisotopic (exact) mass is 444 g/mol. The lowest BCUT2D eigenvalue weighted by molar-refractivity contribution is -0.154. The van der Waals surface area contributed by atoms with Crippen LogP contribution in [0.15, 0.2) is 0 Å². The Morgan fingerprint density at radius 3 is 2.26 bits per heavy atom. The summed E-state index contributed by atoms with van der Waals surface area (Å²) in [6.07, 6.45) is 10.0. The predicted molar refractivity (Wildman–Crippen MR) is 120 cm³/mol. The van der Waals surface area contributed by atoms with Gasteiger partial charge in [-0.3, -0.25) is 4.79 Å². The van der Waals surface area contributed by atoms with E-state index in [-0.39, 0.29) is 12.5 Å². The van der Waals surface area contributed by atoms with Crippen LogP contribution < -0.4 is 5.32 Å². The molecule has 1 aliphatic heterocycles. The molecule has 31 heavy (non-hydrogen) atoms. The van der Waals surface area contributed by atoms with E-state index in [2.05, 4.69) is 17.1 Å². The summed E-state index contributed by atoms with van der Waals surface area (Å²) in [6.45, 7) is 4.90. The van der Waals surface area contributed by atoms with Crippen LogP contribution in [0.3, 0.4) is 0 Å². The van der Waals surface area contributed by atoms with Gasteiger partial charge < -0.3 is 29.9 Å². The molecule has 1 rings (SSSR count). The van der Waals surface area contributed by atoms with Gasteiger partial charge in [0.25, 0.3) is 0 Å². The number of amides is 1. The topological polar surface area (TPSA) is 108 Å². The predicted octanol–water partition coefficient (Wildman–Crippen LogP) is 2.99. The number of unbranched alkanes of at least 4 members (excludes halogenated alkanes) is 5. The van der Waals surface area contributed by atoms with Crippen molar-refractivity contribution < 1.29 is 29.3 Å². The molecule has 0 aromatic rings. The Balaban J connectivity index is 2.36. The molecule has 8 heteroatoms. The minimum absolute atomic E-state index is 0.0814. The Kier molecular flexibility index (Phi) is 16.3. The van der Waals surface area contributed by atoms with Crippen LogP contribution in [0.25, 0.3) is 0 Å². The van der Waals surface area contributed by atoms with Crippen LogP contribution in [0, 0.1) is 0 Å². The summed E-state index contributed by atoms with van der Waals surface area (Å²) in [4.78, 5) is 26.6. The summed E-state index contributed by atoms with van der Waals surface area (Å²) in [5.41, 5.74) is 0. The molecule has 182 valence electrons. The fourth-order valence-electron chi connectivity index (χ4n) is 3.76. The average molecular weight is 445 g/mol. The van der Waals surface area contributed by atoms with E-state index in [1.165, 1.54) is 44.9 Å². The van der Waals surface area contributed by atoms with Crippen molar-refractivity contribution in [3.05, 3.63) is 0 Å². The Hall–Kier alpha value is -1.38. The number of nitrogens with zero attached hydrogens (tertiary/aromatic N) is 1. The highest BCUT2D eigenvalue weighted by Gasteiger charge is 2.19. The number of nitrogens with one attached hydrogen (secondary N) is 1. The van der Waals surface area contributed by atoms with E-state index >= 15 is 0 Å². The number of aliphatic hydroxyl groups excluding tert-OH is 2. The number of likely N-dealkylation sites (tertiary alicyclic amines) is 1. The minimum Gasteiger partial charge on any atom is -0.457 e. The van der Waals surface area contributed by atoms with Gasteiger partial charge in [-0.2, -0.15) is 0 Å². The number of alkyl carbamates (subject to hydrolysis) is 1. The van der Waals surface area contributed by atoms with E-state index in [1.54, 1.807) is 0 Å². The van der Waals surface area contributed by atoms with Crippen molar-refractivity contribution in [3.8, 4) is 0 Å². The van der Waals surface area contributed by atoms with Crippen molar-refractivity contribution in [1.29, 1.82) is 0 Å². The van der Waals surface area contributed by atoms with Crippen molar-refractivity contribution in [1.82, 2.24) is 10.2 Å². The Bertz CT molecular complexity index is 467. The van der Waals surface area contributed by atoms with E-state index in [4.69, 9.17) is 19.7 Å². The van der Waals surface area contributed by atoms with Gasteiger partial charge in [0, 0.05) is 19.5 Å². The van der Waals surface area contributed by atoms with Crippen LogP contribution in [0.4, 0.5) is 4.79 Å². The van der Waals surface area contributed by atoms with Crippen LogP contribution in [-0.4, -0.2) is 78.8 Å². The Morgan fingerprint density at radius 1 is 0.903 bits per heavy atom. The van der Waals surface area contributed by atoms with Crippen LogP contribution in [0.1, 0.15) is 84.0 Å². The molecule has 0 radical (unpaired) electrons.